The molecule has 2 aromatic heterocycles. The van der Waals surface area contributed by atoms with Gasteiger partial charge in [0.1, 0.15) is 5.58 Å². The molecule has 0 aromatic carbocycles. The Morgan fingerprint density at radius 2 is 2.45 bits per heavy atom. The summed E-state index contributed by atoms with van der Waals surface area (Å²) >= 11 is 1.67. The number of aliphatic hydroxyl groups is 1. The summed E-state index contributed by atoms with van der Waals surface area (Å²) in [5, 5.41) is 8.66. The topological polar surface area (TPSA) is 33.4 Å². The van der Waals surface area contributed by atoms with Crippen molar-refractivity contribution in [1.82, 2.24) is 0 Å². The maximum absolute atomic E-state index is 8.66. The van der Waals surface area contributed by atoms with Crippen LogP contribution in [0.4, 0.5) is 0 Å². The number of fused-ring (bicyclic) bond motifs is 1. The summed E-state index contributed by atoms with van der Waals surface area (Å²) in [6.45, 7) is 0.211. The molecule has 0 unspecified atom stereocenters. The number of aliphatic hydroxyl groups excluding tert-OH is 1. The van der Waals surface area contributed by atoms with Crippen LogP contribution in [0.3, 0.4) is 0 Å². The number of rotatable bonds is 2. The predicted molar refractivity (Wildman–Crippen MR) is 44.9 cm³/mol. The van der Waals surface area contributed by atoms with Crippen LogP contribution in [-0.2, 0) is 6.42 Å². The van der Waals surface area contributed by atoms with E-state index in [1.54, 1.807) is 17.6 Å². The second-order valence-corrected chi connectivity index (χ2v) is 3.50. The summed E-state index contributed by atoms with van der Waals surface area (Å²) in [4.78, 5) is 1.18. The summed E-state index contributed by atoms with van der Waals surface area (Å²) in [5.74, 6) is 0. The van der Waals surface area contributed by atoms with E-state index in [1.807, 2.05) is 12.1 Å². The third-order valence-electron chi connectivity index (χ3n) is 1.55. The molecule has 0 aliphatic rings. The molecule has 2 nitrogen and oxygen atoms in total. The zero-order chi connectivity index (χ0) is 7.68. The molecule has 0 saturated heterocycles. The zero-order valence-electron chi connectivity index (χ0n) is 5.91. The fourth-order valence-corrected chi connectivity index (χ4v) is 2.02. The molecular formula is C8H8O2S. The number of furan rings is 1. The van der Waals surface area contributed by atoms with E-state index in [1.165, 1.54) is 4.88 Å². The molecule has 0 bridgehead atoms. The SMILES string of the molecule is OCCc1cc2occc2s1. The lowest BCUT2D eigenvalue weighted by Gasteiger charge is -1.86. The van der Waals surface area contributed by atoms with E-state index < -0.39 is 0 Å². The van der Waals surface area contributed by atoms with Crippen molar-refractivity contribution in [3.63, 3.8) is 0 Å². The lowest BCUT2D eigenvalue weighted by Crippen LogP contribution is -1.84. The summed E-state index contributed by atoms with van der Waals surface area (Å²) in [5.41, 5.74) is 0.929. The predicted octanol–water partition coefficient (Wildman–Crippen LogP) is 2.03. The molecule has 3 heteroatoms. The molecule has 58 valence electrons. The first-order chi connectivity index (χ1) is 5.40. The van der Waals surface area contributed by atoms with Gasteiger partial charge in [0.05, 0.1) is 11.0 Å². The van der Waals surface area contributed by atoms with Crippen molar-refractivity contribution in [2.45, 2.75) is 6.42 Å². The molecule has 0 atom stereocenters. The van der Waals surface area contributed by atoms with Gasteiger partial charge in [-0.05, 0) is 12.1 Å². The maximum Gasteiger partial charge on any atom is 0.144 e. The van der Waals surface area contributed by atoms with Crippen molar-refractivity contribution in [3.05, 3.63) is 23.3 Å². The van der Waals surface area contributed by atoms with Crippen molar-refractivity contribution in [2.24, 2.45) is 0 Å². The Labute approximate surface area is 68.1 Å². The van der Waals surface area contributed by atoms with Gasteiger partial charge in [0.2, 0.25) is 0 Å². The molecule has 1 N–H and O–H groups in total. The summed E-state index contributed by atoms with van der Waals surface area (Å²) in [7, 11) is 0. The Hall–Kier alpha value is -0.800. The Morgan fingerprint density at radius 3 is 3.18 bits per heavy atom. The third-order valence-corrected chi connectivity index (χ3v) is 2.69. The van der Waals surface area contributed by atoms with Crippen LogP contribution in [0.15, 0.2) is 22.8 Å². The normalized spacial score (nSPS) is 11.0. The summed E-state index contributed by atoms with van der Waals surface area (Å²) in [6.07, 6.45) is 2.42. The molecule has 0 fully saturated rings. The Morgan fingerprint density at radius 1 is 1.55 bits per heavy atom. The van der Waals surface area contributed by atoms with Crippen LogP contribution in [0.25, 0.3) is 10.3 Å². The van der Waals surface area contributed by atoms with Gasteiger partial charge in [-0.3, -0.25) is 0 Å². The van der Waals surface area contributed by atoms with Gasteiger partial charge in [-0.2, -0.15) is 0 Å². The van der Waals surface area contributed by atoms with E-state index in [-0.39, 0.29) is 6.61 Å². The van der Waals surface area contributed by atoms with Crippen LogP contribution < -0.4 is 0 Å². The quantitative estimate of drug-likeness (QED) is 0.744. The fraction of sp³-hybridized carbons (Fsp3) is 0.250. The Balaban J connectivity index is 2.42. The highest BCUT2D eigenvalue weighted by Gasteiger charge is 2.02. The van der Waals surface area contributed by atoms with Gasteiger partial charge in [-0.1, -0.05) is 0 Å². The largest absolute Gasteiger partial charge is 0.463 e. The molecule has 2 rings (SSSR count). The second kappa shape index (κ2) is 2.68. The second-order valence-electron chi connectivity index (χ2n) is 2.34. The van der Waals surface area contributed by atoms with E-state index in [2.05, 4.69) is 0 Å². The van der Waals surface area contributed by atoms with Gasteiger partial charge in [0.15, 0.2) is 0 Å². The molecule has 0 spiro atoms. The van der Waals surface area contributed by atoms with Crippen molar-refractivity contribution < 1.29 is 9.52 Å². The molecule has 0 radical (unpaired) electrons. The highest BCUT2D eigenvalue weighted by atomic mass is 32.1. The molecule has 0 aliphatic heterocycles. The molecule has 0 amide bonds. The minimum Gasteiger partial charge on any atom is -0.463 e. The molecule has 0 aliphatic carbocycles. The summed E-state index contributed by atoms with van der Waals surface area (Å²) in [6, 6.07) is 3.93. The Kier molecular flexibility index (Phi) is 1.68. The van der Waals surface area contributed by atoms with Crippen LogP contribution in [0.2, 0.25) is 0 Å². The number of hydrogen-bond donors (Lipinski definition) is 1. The van der Waals surface area contributed by atoms with Crippen LogP contribution >= 0.6 is 11.3 Å². The van der Waals surface area contributed by atoms with Gasteiger partial charge in [-0.15, -0.1) is 11.3 Å². The van der Waals surface area contributed by atoms with E-state index in [4.69, 9.17) is 9.52 Å². The first-order valence-electron chi connectivity index (χ1n) is 3.47. The average molecular weight is 168 g/mol. The highest BCUT2D eigenvalue weighted by Crippen LogP contribution is 2.26. The van der Waals surface area contributed by atoms with Crippen LogP contribution in [0.1, 0.15) is 4.88 Å². The van der Waals surface area contributed by atoms with Crippen LogP contribution in [0.5, 0.6) is 0 Å². The zero-order valence-corrected chi connectivity index (χ0v) is 6.73. The first kappa shape index (κ1) is 6.88. The van der Waals surface area contributed by atoms with Crippen LogP contribution in [0, 0.1) is 0 Å². The van der Waals surface area contributed by atoms with Gasteiger partial charge < -0.3 is 9.52 Å². The van der Waals surface area contributed by atoms with Gasteiger partial charge in [-0.25, -0.2) is 0 Å². The standard InChI is InChI=1S/C8H8O2S/c9-3-1-6-5-7-8(11-6)2-4-10-7/h2,4-5,9H,1,3H2. The maximum atomic E-state index is 8.66. The fourth-order valence-electron chi connectivity index (χ4n) is 1.05. The van der Waals surface area contributed by atoms with Gasteiger partial charge >= 0.3 is 0 Å². The van der Waals surface area contributed by atoms with Crippen molar-refractivity contribution >= 4 is 21.6 Å². The van der Waals surface area contributed by atoms with E-state index in [0.29, 0.717) is 0 Å². The lowest BCUT2D eigenvalue weighted by atomic mass is 10.3. The van der Waals surface area contributed by atoms with Crippen molar-refractivity contribution in [1.29, 1.82) is 0 Å². The van der Waals surface area contributed by atoms with Gasteiger partial charge in [0.25, 0.3) is 0 Å². The van der Waals surface area contributed by atoms with E-state index in [9.17, 15) is 0 Å². The Bertz CT molecular complexity index is 319. The summed E-state index contributed by atoms with van der Waals surface area (Å²) < 4.78 is 6.33. The lowest BCUT2D eigenvalue weighted by molar-refractivity contribution is 0.300. The van der Waals surface area contributed by atoms with E-state index in [0.717, 1.165) is 16.7 Å². The van der Waals surface area contributed by atoms with Crippen molar-refractivity contribution in [3.8, 4) is 0 Å². The van der Waals surface area contributed by atoms with Crippen molar-refractivity contribution in [2.75, 3.05) is 6.61 Å². The highest BCUT2D eigenvalue weighted by molar-refractivity contribution is 7.18. The molecular weight excluding hydrogens is 160 g/mol. The molecule has 0 saturated carbocycles. The molecule has 11 heavy (non-hydrogen) atoms. The monoisotopic (exact) mass is 168 g/mol. The average Bonchev–Trinajstić information content (AvgIpc) is 2.46. The number of thiophene rings is 1. The minimum atomic E-state index is 0.211. The first-order valence-corrected chi connectivity index (χ1v) is 4.28. The smallest absolute Gasteiger partial charge is 0.144 e. The number of hydrogen-bond acceptors (Lipinski definition) is 3. The third kappa shape index (κ3) is 1.17. The van der Waals surface area contributed by atoms with Crippen LogP contribution in [-0.4, -0.2) is 11.7 Å². The minimum absolute atomic E-state index is 0.211. The molecule has 2 heterocycles. The van der Waals surface area contributed by atoms with E-state index >= 15 is 0 Å². The van der Waals surface area contributed by atoms with Gasteiger partial charge in [0, 0.05) is 17.9 Å². The molecule has 2 aromatic rings.